The second-order valence-corrected chi connectivity index (χ2v) is 4.77. The zero-order valence-corrected chi connectivity index (χ0v) is 10.4. The first-order chi connectivity index (χ1) is 8.68. The molecule has 1 fully saturated rings. The third-order valence-electron chi connectivity index (χ3n) is 3.20. The van der Waals surface area contributed by atoms with Gasteiger partial charge in [0.2, 0.25) is 0 Å². The predicted octanol–water partition coefficient (Wildman–Crippen LogP) is 1.88. The normalized spacial score (nSPS) is 16.7. The second-order valence-electron chi connectivity index (χ2n) is 4.77. The van der Waals surface area contributed by atoms with Gasteiger partial charge in [-0.1, -0.05) is 18.2 Å². The number of ether oxygens (including phenoxy) is 2. The molecule has 1 saturated carbocycles. The van der Waals surface area contributed by atoms with Gasteiger partial charge in [-0.25, -0.2) is 0 Å². The number of benzene rings is 1. The Labute approximate surface area is 107 Å². The summed E-state index contributed by atoms with van der Waals surface area (Å²) in [4.78, 5) is 11.5. The molecule has 1 aromatic carbocycles. The van der Waals surface area contributed by atoms with Crippen LogP contribution in [0, 0.1) is 0 Å². The molecule has 1 aromatic rings. The summed E-state index contributed by atoms with van der Waals surface area (Å²) in [5.74, 6) is 0.552. The fourth-order valence-corrected chi connectivity index (χ4v) is 1.98. The fourth-order valence-electron chi connectivity index (χ4n) is 1.98. The lowest BCUT2D eigenvalue weighted by atomic mass is 9.75. The van der Waals surface area contributed by atoms with Crippen LogP contribution in [0.15, 0.2) is 30.3 Å². The molecule has 0 amide bonds. The van der Waals surface area contributed by atoms with Crippen molar-refractivity contribution >= 4 is 5.97 Å². The summed E-state index contributed by atoms with van der Waals surface area (Å²) in [7, 11) is 0. The molecule has 0 aliphatic heterocycles. The monoisotopic (exact) mass is 249 g/mol. The van der Waals surface area contributed by atoms with Crippen LogP contribution in [-0.4, -0.2) is 24.7 Å². The van der Waals surface area contributed by atoms with Gasteiger partial charge in [0.05, 0.1) is 6.42 Å². The average molecular weight is 249 g/mol. The summed E-state index contributed by atoms with van der Waals surface area (Å²) in [6, 6.07) is 9.45. The number of carbonyl (C=O) groups excluding carboxylic acids is 1. The summed E-state index contributed by atoms with van der Waals surface area (Å²) in [6.07, 6.45) is 3.27. The van der Waals surface area contributed by atoms with Crippen molar-refractivity contribution < 1.29 is 14.3 Å². The Hall–Kier alpha value is -1.55. The van der Waals surface area contributed by atoms with E-state index in [1.807, 2.05) is 30.3 Å². The quantitative estimate of drug-likeness (QED) is 0.617. The topological polar surface area (TPSA) is 61.6 Å². The predicted molar refractivity (Wildman–Crippen MR) is 68.3 cm³/mol. The third kappa shape index (κ3) is 3.74. The zero-order chi connectivity index (χ0) is 12.8. The summed E-state index contributed by atoms with van der Waals surface area (Å²) in [6.45, 7) is 0.636. The molecule has 0 heterocycles. The van der Waals surface area contributed by atoms with Crippen LogP contribution in [0.25, 0.3) is 0 Å². The number of carbonyl (C=O) groups is 1. The second kappa shape index (κ2) is 5.87. The lowest BCUT2D eigenvalue weighted by Gasteiger charge is -2.37. The van der Waals surface area contributed by atoms with Crippen molar-refractivity contribution in [2.75, 3.05) is 13.2 Å². The minimum atomic E-state index is -0.308. The number of esters is 1. The highest BCUT2D eigenvalue weighted by atomic mass is 16.6. The van der Waals surface area contributed by atoms with Gasteiger partial charge in [0.25, 0.3) is 0 Å². The molecule has 1 aliphatic carbocycles. The summed E-state index contributed by atoms with van der Waals surface area (Å²) >= 11 is 0. The van der Waals surface area contributed by atoms with Gasteiger partial charge in [-0.05, 0) is 31.4 Å². The average Bonchev–Trinajstić information content (AvgIpc) is 2.34. The molecule has 0 unspecified atom stereocenters. The maximum absolute atomic E-state index is 11.5. The lowest BCUT2D eigenvalue weighted by Crippen LogP contribution is -2.48. The Morgan fingerprint density at radius 1 is 1.22 bits per heavy atom. The highest BCUT2D eigenvalue weighted by molar-refractivity contribution is 5.71. The van der Waals surface area contributed by atoms with Crippen molar-refractivity contribution in [1.29, 1.82) is 0 Å². The smallest absolute Gasteiger partial charge is 0.307 e. The molecule has 0 spiro atoms. The molecular weight excluding hydrogens is 230 g/mol. The van der Waals surface area contributed by atoms with Gasteiger partial charge in [-0.15, -0.1) is 0 Å². The van der Waals surface area contributed by atoms with Crippen LogP contribution in [0.3, 0.4) is 0 Å². The number of hydrogen-bond donors (Lipinski definition) is 1. The SMILES string of the molecule is NC1(CC(=O)OCCOc2ccccc2)CCC1. The highest BCUT2D eigenvalue weighted by Gasteiger charge is 2.35. The van der Waals surface area contributed by atoms with Gasteiger partial charge in [0, 0.05) is 5.54 Å². The van der Waals surface area contributed by atoms with E-state index in [0.29, 0.717) is 13.0 Å². The molecule has 0 aromatic heterocycles. The number of para-hydroxylation sites is 1. The van der Waals surface area contributed by atoms with Crippen molar-refractivity contribution in [2.45, 2.75) is 31.2 Å². The minimum absolute atomic E-state index is 0.228. The van der Waals surface area contributed by atoms with Crippen LogP contribution in [0.5, 0.6) is 5.75 Å². The van der Waals surface area contributed by atoms with Gasteiger partial charge in [-0.2, -0.15) is 0 Å². The van der Waals surface area contributed by atoms with Crippen molar-refractivity contribution in [3.05, 3.63) is 30.3 Å². The van der Waals surface area contributed by atoms with E-state index in [4.69, 9.17) is 15.2 Å². The Bertz CT molecular complexity index is 387. The van der Waals surface area contributed by atoms with Gasteiger partial charge in [-0.3, -0.25) is 4.79 Å². The Morgan fingerprint density at radius 3 is 2.56 bits per heavy atom. The largest absolute Gasteiger partial charge is 0.490 e. The Balaban J connectivity index is 1.59. The van der Waals surface area contributed by atoms with Gasteiger partial charge < -0.3 is 15.2 Å². The molecule has 2 rings (SSSR count). The van der Waals surface area contributed by atoms with Crippen molar-refractivity contribution in [3.63, 3.8) is 0 Å². The van der Waals surface area contributed by atoms with E-state index < -0.39 is 0 Å². The number of rotatable bonds is 6. The van der Waals surface area contributed by atoms with Crippen LogP contribution < -0.4 is 10.5 Å². The van der Waals surface area contributed by atoms with Gasteiger partial charge in [0.15, 0.2) is 0 Å². The molecule has 0 bridgehead atoms. The van der Waals surface area contributed by atoms with E-state index in [0.717, 1.165) is 25.0 Å². The van der Waals surface area contributed by atoms with E-state index in [2.05, 4.69) is 0 Å². The van der Waals surface area contributed by atoms with Gasteiger partial charge in [0.1, 0.15) is 19.0 Å². The molecule has 1 aliphatic rings. The zero-order valence-electron chi connectivity index (χ0n) is 10.4. The van der Waals surface area contributed by atoms with Crippen LogP contribution in [-0.2, 0) is 9.53 Å². The maximum atomic E-state index is 11.5. The number of nitrogens with two attached hydrogens (primary N) is 1. The van der Waals surface area contributed by atoms with E-state index >= 15 is 0 Å². The first kappa shape index (κ1) is 12.9. The Kier molecular flexibility index (Phi) is 4.20. The number of hydrogen-bond acceptors (Lipinski definition) is 4. The van der Waals surface area contributed by atoms with Crippen LogP contribution in [0.2, 0.25) is 0 Å². The molecule has 0 atom stereocenters. The first-order valence-electron chi connectivity index (χ1n) is 6.30. The molecule has 18 heavy (non-hydrogen) atoms. The molecule has 4 nitrogen and oxygen atoms in total. The molecule has 4 heteroatoms. The standard InChI is InChI=1S/C14H19NO3/c15-14(7-4-8-14)11-13(16)18-10-9-17-12-5-2-1-3-6-12/h1-3,5-6H,4,7-11,15H2. The highest BCUT2D eigenvalue weighted by Crippen LogP contribution is 2.32. The summed E-state index contributed by atoms with van der Waals surface area (Å²) < 4.78 is 10.5. The summed E-state index contributed by atoms with van der Waals surface area (Å²) in [5.41, 5.74) is 5.66. The minimum Gasteiger partial charge on any atom is -0.490 e. The maximum Gasteiger partial charge on any atom is 0.307 e. The molecule has 2 N–H and O–H groups in total. The first-order valence-corrected chi connectivity index (χ1v) is 6.30. The van der Waals surface area contributed by atoms with Crippen LogP contribution in [0.4, 0.5) is 0 Å². The molecule has 0 radical (unpaired) electrons. The van der Waals surface area contributed by atoms with Crippen molar-refractivity contribution in [2.24, 2.45) is 5.73 Å². The van der Waals surface area contributed by atoms with Crippen molar-refractivity contribution in [1.82, 2.24) is 0 Å². The molecule has 98 valence electrons. The van der Waals surface area contributed by atoms with Crippen LogP contribution >= 0.6 is 0 Å². The van der Waals surface area contributed by atoms with E-state index in [1.54, 1.807) is 0 Å². The van der Waals surface area contributed by atoms with E-state index in [-0.39, 0.29) is 18.1 Å². The molecule has 0 saturated heterocycles. The fraction of sp³-hybridized carbons (Fsp3) is 0.500. The van der Waals surface area contributed by atoms with E-state index in [9.17, 15) is 4.79 Å². The van der Waals surface area contributed by atoms with Gasteiger partial charge >= 0.3 is 5.97 Å². The Morgan fingerprint density at radius 2 is 1.94 bits per heavy atom. The molecular formula is C14H19NO3. The van der Waals surface area contributed by atoms with Crippen molar-refractivity contribution in [3.8, 4) is 5.75 Å². The summed E-state index contributed by atoms with van der Waals surface area (Å²) in [5, 5.41) is 0. The third-order valence-corrected chi connectivity index (χ3v) is 3.20. The van der Waals surface area contributed by atoms with E-state index in [1.165, 1.54) is 0 Å². The lowest BCUT2D eigenvalue weighted by molar-refractivity contribution is -0.146. The van der Waals surface area contributed by atoms with Crippen LogP contribution in [0.1, 0.15) is 25.7 Å².